The molecule has 5 heteroatoms. The van der Waals surface area contributed by atoms with Crippen molar-refractivity contribution in [2.75, 3.05) is 40.3 Å². The molecule has 0 saturated carbocycles. The van der Waals surface area contributed by atoms with E-state index in [1.54, 1.807) is 0 Å². The lowest BCUT2D eigenvalue weighted by atomic mass is 9.97. The Morgan fingerprint density at radius 3 is 2.61 bits per heavy atom. The maximum atomic E-state index is 11.5. The normalized spacial score (nSPS) is 18.1. The van der Waals surface area contributed by atoms with E-state index >= 15 is 0 Å². The van der Waals surface area contributed by atoms with Crippen molar-refractivity contribution in [3.63, 3.8) is 0 Å². The largest absolute Gasteiger partial charge is 0.469 e. The van der Waals surface area contributed by atoms with Crippen LogP contribution in [0.5, 0.6) is 0 Å². The molecule has 2 rings (SSSR count). The van der Waals surface area contributed by atoms with Crippen LogP contribution in [0.2, 0.25) is 0 Å². The molecule has 0 radical (unpaired) electrons. The van der Waals surface area contributed by atoms with E-state index in [2.05, 4.69) is 21.9 Å². The lowest BCUT2D eigenvalue weighted by Gasteiger charge is -2.32. The number of hydrogen-bond donors (Lipinski definition) is 1. The lowest BCUT2D eigenvalue weighted by molar-refractivity contribution is -0.147. The fourth-order valence-corrected chi connectivity index (χ4v) is 3.19. The lowest BCUT2D eigenvalue weighted by Crippen LogP contribution is -2.43. The summed E-state index contributed by atoms with van der Waals surface area (Å²) in [6.45, 7) is 3.83. The van der Waals surface area contributed by atoms with Crippen LogP contribution in [0.3, 0.4) is 0 Å². The smallest absolute Gasteiger partial charge is 0.308 e. The molecule has 0 aliphatic carbocycles. The van der Waals surface area contributed by atoms with Crippen molar-refractivity contribution in [3.05, 3.63) is 35.9 Å². The molecular formula is C18H28N2O3. The number of carbonyl (C=O) groups is 1. The predicted octanol–water partition coefficient (Wildman–Crippen LogP) is 1.36. The molecule has 1 aromatic rings. The third-order valence-corrected chi connectivity index (χ3v) is 4.41. The molecule has 0 spiro atoms. The number of aliphatic hydroxyl groups excluding tert-OH is 1. The van der Waals surface area contributed by atoms with Gasteiger partial charge in [-0.15, -0.1) is 0 Å². The van der Waals surface area contributed by atoms with Crippen molar-refractivity contribution in [1.82, 2.24) is 9.80 Å². The number of aliphatic hydroxyl groups is 1. The van der Waals surface area contributed by atoms with Crippen molar-refractivity contribution in [3.8, 4) is 0 Å². The molecule has 1 aliphatic rings. The Hall–Kier alpha value is -1.43. The van der Waals surface area contributed by atoms with Crippen molar-refractivity contribution in [1.29, 1.82) is 0 Å². The van der Waals surface area contributed by atoms with Crippen LogP contribution in [-0.4, -0.2) is 67.3 Å². The summed E-state index contributed by atoms with van der Waals surface area (Å²) in [5, 5.41) is 10.3. The maximum absolute atomic E-state index is 11.5. The number of likely N-dealkylation sites (N-methyl/N-ethyl adjacent to an activating group) is 1. The van der Waals surface area contributed by atoms with E-state index in [0.29, 0.717) is 13.1 Å². The minimum Gasteiger partial charge on any atom is -0.469 e. The first kappa shape index (κ1) is 17.9. The molecular weight excluding hydrogens is 292 g/mol. The van der Waals surface area contributed by atoms with Gasteiger partial charge in [-0.3, -0.25) is 9.69 Å². The summed E-state index contributed by atoms with van der Waals surface area (Å²) in [6, 6.07) is 10.3. The van der Waals surface area contributed by atoms with Gasteiger partial charge in [-0.1, -0.05) is 30.3 Å². The van der Waals surface area contributed by atoms with E-state index in [9.17, 15) is 9.90 Å². The van der Waals surface area contributed by atoms with Crippen molar-refractivity contribution >= 4 is 5.97 Å². The number of likely N-dealkylation sites (tertiary alicyclic amines) is 1. The minimum atomic E-state index is -0.376. The molecule has 0 bridgehead atoms. The van der Waals surface area contributed by atoms with E-state index in [1.807, 2.05) is 25.2 Å². The highest BCUT2D eigenvalue weighted by atomic mass is 16.5. The number of ether oxygens (including phenoxy) is 1. The van der Waals surface area contributed by atoms with Gasteiger partial charge in [0.1, 0.15) is 0 Å². The van der Waals surface area contributed by atoms with Gasteiger partial charge in [0.25, 0.3) is 0 Å². The van der Waals surface area contributed by atoms with Gasteiger partial charge in [0, 0.05) is 19.6 Å². The van der Waals surface area contributed by atoms with Gasteiger partial charge in [0.05, 0.1) is 19.1 Å². The molecule has 1 heterocycles. The maximum Gasteiger partial charge on any atom is 0.308 e. The Bertz CT molecular complexity index is 472. The number of β-amino-alcohol motifs (C(OH)–C–C–N with tert-alkyl or cyclic N) is 1. The summed E-state index contributed by atoms with van der Waals surface area (Å²) in [5.41, 5.74) is 1.25. The second-order valence-corrected chi connectivity index (χ2v) is 6.43. The molecule has 1 fully saturated rings. The zero-order valence-electron chi connectivity index (χ0n) is 14.1. The van der Waals surface area contributed by atoms with Gasteiger partial charge >= 0.3 is 5.97 Å². The molecule has 0 amide bonds. The van der Waals surface area contributed by atoms with E-state index in [-0.39, 0.29) is 18.0 Å². The SMILES string of the molecule is COC(=O)C1CCN(CC(O)CN(C)Cc2ccccc2)CC1. The van der Waals surface area contributed by atoms with Crippen molar-refractivity contribution in [2.45, 2.75) is 25.5 Å². The number of piperidine rings is 1. The Morgan fingerprint density at radius 2 is 2.00 bits per heavy atom. The number of esters is 1. The summed E-state index contributed by atoms with van der Waals surface area (Å²) >= 11 is 0. The van der Waals surface area contributed by atoms with Gasteiger partial charge < -0.3 is 14.7 Å². The number of benzene rings is 1. The van der Waals surface area contributed by atoms with Crippen LogP contribution in [0.1, 0.15) is 18.4 Å². The highest BCUT2D eigenvalue weighted by Gasteiger charge is 2.26. The fraction of sp³-hybridized carbons (Fsp3) is 0.611. The first-order chi connectivity index (χ1) is 11.1. The third-order valence-electron chi connectivity index (χ3n) is 4.41. The van der Waals surface area contributed by atoms with Gasteiger partial charge in [-0.25, -0.2) is 0 Å². The van der Waals surface area contributed by atoms with Crippen LogP contribution < -0.4 is 0 Å². The molecule has 1 atom stereocenters. The minimum absolute atomic E-state index is 0.0224. The number of hydrogen-bond acceptors (Lipinski definition) is 5. The topological polar surface area (TPSA) is 53.0 Å². The van der Waals surface area contributed by atoms with E-state index in [4.69, 9.17) is 4.74 Å². The summed E-state index contributed by atoms with van der Waals surface area (Å²) in [5.74, 6) is -0.0815. The standard InChI is InChI=1S/C18H28N2O3/c1-19(12-15-6-4-3-5-7-15)13-17(21)14-20-10-8-16(9-11-20)18(22)23-2/h3-7,16-17,21H,8-14H2,1-2H3. The number of rotatable bonds is 7. The van der Waals surface area contributed by atoms with E-state index in [0.717, 1.165) is 32.5 Å². The quantitative estimate of drug-likeness (QED) is 0.769. The molecule has 128 valence electrons. The predicted molar refractivity (Wildman–Crippen MR) is 90.0 cm³/mol. The second kappa shape index (κ2) is 9.01. The van der Waals surface area contributed by atoms with Gasteiger partial charge in [0.15, 0.2) is 0 Å². The summed E-state index contributed by atoms with van der Waals surface area (Å²) in [7, 11) is 3.47. The first-order valence-electron chi connectivity index (χ1n) is 8.29. The average molecular weight is 320 g/mol. The number of carbonyl (C=O) groups excluding carboxylic acids is 1. The van der Waals surface area contributed by atoms with E-state index in [1.165, 1.54) is 12.7 Å². The van der Waals surface area contributed by atoms with Gasteiger partial charge in [-0.2, -0.15) is 0 Å². The van der Waals surface area contributed by atoms with Gasteiger partial charge in [-0.05, 0) is 38.5 Å². The first-order valence-corrected chi connectivity index (χ1v) is 8.29. The van der Waals surface area contributed by atoms with Gasteiger partial charge in [0.2, 0.25) is 0 Å². The average Bonchev–Trinajstić information content (AvgIpc) is 2.55. The summed E-state index contributed by atoms with van der Waals surface area (Å²) in [4.78, 5) is 15.9. The van der Waals surface area contributed by atoms with Crippen molar-refractivity contribution in [2.24, 2.45) is 5.92 Å². The Morgan fingerprint density at radius 1 is 1.35 bits per heavy atom. The van der Waals surface area contributed by atoms with E-state index < -0.39 is 0 Å². The van der Waals surface area contributed by atoms with Crippen molar-refractivity contribution < 1.29 is 14.6 Å². The van der Waals surface area contributed by atoms with Crippen LogP contribution in [0.25, 0.3) is 0 Å². The Labute approximate surface area is 138 Å². The molecule has 1 N–H and O–H groups in total. The molecule has 1 saturated heterocycles. The zero-order chi connectivity index (χ0) is 16.7. The van der Waals surface area contributed by atoms with Crippen LogP contribution in [0.15, 0.2) is 30.3 Å². The monoisotopic (exact) mass is 320 g/mol. The number of methoxy groups -OCH3 is 1. The Kier molecular flexibility index (Phi) is 7.02. The van der Waals surface area contributed by atoms with Crippen LogP contribution in [-0.2, 0) is 16.1 Å². The molecule has 1 aliphatic heterocycles. The highest BCUT2D eigenvalue weighted by Crippen LogP contribution is 2.18. The van der Waals surface area contributed by atoms with Crippen LogP contribution in [0.4, 0.5) is 0 Å². The molecule has 23 heavy (non-hydrogen) atoms. The van der Waals surface area contributed by atoms with Crippen LogP contribution >= 0.6 is 0 Å². The molecule has 0 aromatic heterocycles. The second-order valence-electron chi connectivity index (χ2n) is 6.43. The zero-order valence-corrected chi connectivity index (χ0v) is 14.1. The third kappa shape index (κ3) is 5.94. The highest BCUT2D eigenvalue weighted by molar-refractivity contribution is 5.72. The molecule has 1 aromatic carbocycles. The van der Waals surface area contributed by atoms with Crippen LogP contribution in [0, 0.1) is 5.92 Å². The fourth-order valence-electron chi connectivity index (χ4n) is 3.19. The molecule has 1 unspecified atom stereocenters. The summed E-state index contributed by atoms with van der Waals surface area (Å²) < 4.78 is 4.80. The number of nitrogens with zero attached hydrogens (tertiary/aromatic N) is 2. The molecule has 5 nitrogen and oxygen atoms in total. The Balaban J connectivity index is 1.69. The summed E-state index contributed by atoms with van der Waals surface area (Å²) in [6.07, 6.45) is 1.26.